The zero-order valence-electron chi connectivity index (χ0n) is 37.6. The number of hydrogen-bond donors (Lipinski definition) is 4. The molecule has 3 atom stereocenters. The molecule has 3 unspecified atom stereocenters. The van der Waals surface area contributed by atoms with E-state index < -0.39 is 18.2 Å². The molecule has 0 bridgehead atoms. The third-order valence-electron chi connectivity index (χ3n) is 12.2. The number of aliphatic hydroxyl groups is 3. The summed E-state index contributed by atoms with van der Waals surface area (Å²) < 4.78 is 0. The van der Waals surface area contributed by atoms with Crippen LogP contribution in [0.2, 0.25) is 0 Å². The van der Waals surface area contributed by atoms with E-state index in [0.717, 1.165) is 32.1 Å². The minimum Gasteiger partial charge on any atom is -0.394 e. The predicted molar refractivity (Wildman–Crippen MR) is 241 cm³/mol. The van der Waals surface area contributed by atoms with Gasteiger partial charge in [0.1, 0.15) is 6.10 Å². The molecular weight excluding hydrogens is 679 g/mol. The van der Waals surface area contributed by atoms with Crippen molar-refractivity contribution in [2.75, 3.05) is 6.61 Å². The Morgan fingerprint density at radius 1 is 0.382 bits per heavy atom. The lowest BCUT2D eigenvalue weighted by Gasteiger charge is -2.26. The molecule has 0 saturated heterocycles. The molecule has 0 rings (SSSR count). The Kier molecular flexibility index (Phi) is 45.5. The number of nitrogens with one attached hydrogen (secondary N) is 1. The summed E-state index contributed by atoms with van der Waals surface area (Å²) in [4.78, 5) is 12.5. The number of hydrogen-bond acceptors (Lipinski definition) is 4. The third kappa shape index (κ3) is 41.3. The summed E-state index contributed by atoms with van der Waals surface area (Å²) in [6.45, 7) is 4.22. The van der Waals surface area contributed by atoms with Gasteiger partial charge in [-0.3, -0.25) is 4.79 Å². The van der Waals surface area contributed by atoms with E-state index in [4.69, 9.17) is 0 Å². The Balaban J connectivity index is 3.53. The molecule has 0 fully saturated rings. The molecule has 0 heterocycles. The van der Waals surface area contributed by atoms with Crippen LogP contribution in [0.4, 0.5) is 0 Å². The molecule has 5 nitrogen and oxygen atoms in total. The summed E-state index contributed by atoms with van der Waals surface area (Å²) in [5.74, 6) is -0.137. The number of aliphatic hydroxyl groups excluding tert-OH is 3. The van der Waals surface area contributed by atoms with Gasteiger partial charge in [-0.15, -0.1) is 0 Å². The van der Waals surface area contributed by atoms with Gasteiger partial charge in [0.05, 0.1) is 18.8 Å². The first kappa shape index (κ1) is 54.3. The Morgan fingerprint density at radius 3 is 0.873 bits per heavy atom. The lowest BCUT2D eigenvalue weighted by molar-refractivity contribution is -0.124. The smallest absolute Gasteiger partial charge is 0.220 e. The van der Waals surface area contributed by atoms with Crippen molar-refractivity contribution in [3.63, 3.8) is 0 Å². The molecule has 0 aromatic carbocycles. The molecule has 0 radical (unpaired) electrons. The van der Waals surface area contributed by atoms with E-state index in [1.54, 1.807) is 0 Å². The molecule has 0 aliphatic rings. The van der Waals surface area contributed by atoms with Crippen LogP contribution < -0.4 is 5.32 Å². The fourth-order valence-electron chi connectivity index (χ4n) is 8.28. The molecular formula is C50H101NO4. The third-order valence-corrected chi connectivity index (χ3v) is 12.2. The number of carbonyl (C=O) groups is 1. The standard InChI is InChI=1S/C50H101NO4/c1-3-5-7-9-11-13-15-17-19-21-23-25-26-28-30-32-34-36-38-40-42-44-48(53)50(55)47(46-52)51-49(54)45-43-41-39-37-35-33-31-29-27-24-22-20-18-16-14-12-10-8-6-4-2/h47-48,50,52-53,55H,3-46H2,1-2H3,(H,51,54). The van der Waals surface area contributed by atoms with Gasteiger partial charge in [0.25, 0.3) is 0 Å². The summed E-state index contributed by atoms with van der Waals surface area (Å²) >= 11 is 0. The molecule has 4 N–H and O–H groups in total. The van der Waals surface area contributed by atoms with Crippen molar-refractivity contribution < 1.29 is 20.1 Å². The van der Waals surface area contributed by atoms with E-state index in [9.17, 15) is 20.1 Å². The van der Waals surface area contributed by atoms with Crippen LogP contribution >= 0.6 is 0 Å². The fourth-order valence-corrected chi connectivity index (χ4v) is 8.28. The monoisotopic (exact) mass is 780 g/mol. The molecule has 330 valence electrons. The maximum atomic E-state index is 12.5. The predicted octanol–water partition coefficient (Wildman–Crippen LogP) is 15.0. The first-order chi connectivity index (χ1) is 27.1. The van der Waals surface area contributed by atoms with Crippen molar-refractivity contribution in [1.82, 2.24) is 5.32 Å². The van der Waals surface area contributed by atoms with Gasteiger partial charge in [0.2, 0.25) is 5.91 Å². The number of amides is 1. The topological polar surface area (TPSA) is 89.8 Å². The Morgan fingerprint density at radius 2 is 0.618 bits per heavy atom. The zero-order valence-corrected chi connectivity index (χ0v) is 37.6. The van der Waals surface area contributed by atoms with E-state index in [2.05, 4.69) is 19.2 Å². The maximum absolute atomic E-state index is 12.5. The van der Waals surface area contributed by atoms with Gasteiger partial charge >= 0.3 is 0 Å². The second kappa shape index (κ2) is 46.0. The minimum atomic E-state index is -1.13. The van der Waals surface area contributed by atoms with Crippen molar-refractivity contribution in [2.24, 2.45) is 0 Å². The van der Waals surface area contributed by atoms with E-state index >= 15 is 0 Å². The van der Waals surface area contributed by atoms with Gasteiger partial charge in [-0.1, -0.05) is 271 Å². The molecule has 0 saturated carbocycles. The van der Waals surface area contributed by atoms with E-state index in [1.807, 2.05) is 0 Å². The van der Waals surface area contributed by atoms with Crippen LogP contribution in [0.3, 0.4) is 0 Å². The number of carbonyl (C=O) groups excluding carboxylic acids is 1. The van der Waals surface area contributed by atoms with Crippen LogP contribution in [0, 0.1) is 0 Å². The van der Waals surface area contributed by atoms with E-state index in [1.165, 1.54) is 231 Å². The summed E-state index contributed by atoms with van der Waals surface area (Å²) in [5, 5.41) is 33.7. The molecule has 0 aromatic heterocycles. The van der Waals surface area contributed by atoms with Gasteiger partial charge in [0.15, 0.2) is 0 Å². The Hall–Kier alpha value is -0.650. The average Bonchev–Trinajstić information content (AvgIpc) is 3.19. The Labute approximate surface area is 345 Å². The quantitative estimate of drug-likeness (QED) is 0.0463. The van der Waals surface area contributed by atoms with Crippen LogP contribution in [0.15, 0.2) is 0 Å². The number of unbranched alkanes of at least 4 members (excludes halogenated alkanes) is 39. The van der Waals surface area contributed by atoms with Crippen molar-refractivity contribution in [3.8, 4) is 0 Å². The molecule has 1 amide bonds. The number of rotatable bonds is 47. The molecule has 5 heteroatoms. The SMILES string of the molecule is CCCCCCCCCCCCCCCCCCCCCCCC(O)C(O)C(CO)NC(=O)CCCCCCCCCCCCCCCCCCCCCC. The second-order valence-electron chi connectivity index (χ2n) is 17.7. The van der Waals surface area contributed by atoms with Crippen molar-refractivity contribution in [1.29, 1.82) is 0 Å². The van der Waals surface area contributed by atoms with Crippen molar-refractivity contribution >= 4 is 5.91 Å². The molecule has 0 spiro atoms. The molecule has 55 heavy (non-hydrogen) atoms. The van der Waals surface area contributed by atoms with Crippen LogP contribution in [-0.4, -0.2) is 46.1 Å². The van der Waals surface area contributed by atoms with E-state index in [-0.39, 0.29) is 12.5 Å². The van der Waals surface area contributed by atoms with Crippen LogP contribution in [0.1, 0.15) is 290 Å². The van der Waals surface area contributed by atoms with Crippen molar-refractivity contribution in [2.45, 2.75) is 308 Å². The van der Waals surface area contributed by atoms with Gasteiger partial charge in [0, 0.05) is 6.42 Å². The maximum Gasteiger partial charge on any atom is 0.220 e. The zero-order chi connectivity index (χ0) is 40.1. The van der Waals surface area contributed by atoms with Gasteiger partial charge in [-0.2, -0.15) is 0 Å². The molecule has 0 aliphatic carbocycles. The summed E-state index contributed by atoms with van der Waals surface area (Å²) in [6, 6.07) is -0.803. The first-order valence-corrected chi connectivity index (χ1v) is 25.3. The highest BCUT2D eigenvalue weighted by molar-refractivity contribution is 5.76. The highest BCUT2D eigenvalue weighted by atomic mass is 16.3. The lowest BCUT2D eigenvalue weighted by atomic mass is 9.99. The fraction of sp³-hybridized carbons (Fsp3) is 0.980. The Bertz CT molecular complexity index is 733. The average molecular weight is 780 g/mol. The van der Waals surface area contributed by atoms with Gasteiger partial charge in [-0.25, -0.2) is 0 Å². The van der Waals surface area contributed by atoms with Gasteiger partial charge < -0.3 is 20.6 Å². The lowest BCUT2D eigenvalue weighted by Crippen LogP contribution is -2.50. The highest BCUT2D eigenvalue weighted by Crippen LogP contribution is 2.18. The normalized spacial score (nSPS) is 13.3. The van der Waals surface area contributed by atoms with Crippen molar-refractivity contribution in [3.05, 3.63) is 0 Å². The molecule has 0 aromatic rings. The minimum absolute atomic E-state index is 0.137. The summed E-state index contributed by atoms with van der Waals surface area (Å²) in [6.07, 6.45) is 53.7. The first-order valence-electron chi connectivity index (χ1n) is 25.3. The van der Waals surface area contributed by atoms with Crippen LogP contribution in [0.25, 0.3) is 0 Å². The largest absolute Gasteiger partial charge is 0.394 e. The second-order valence-corrected chi connectivity index (χ2v) is 17.7. The van der Waals surface area contributed by atoms with Crippen LogP contribution in [-0.2, 0) is 4.79 Å². The highest BCUT2D eigenvalue weighted by Gasteiger charge is 2.26. The molecule has 0 aliphatic heterocycles. The van der Waals surface area contributed by atoms with E-state index in [0.29, 0.717) is 12.8 Å². The summed E-state index contributed by atoms with van der Waals surface area (Å²) in [5.41, 5.74) is 0. The summed E-state index contributed by atoms with van der Waals surface area (Å²) in [7, 11) is 0. The van der Waals surface area contributed by atoms with Gasteiger partial charge in [-0.05, 0) is 12.8 Å². The van der Waals surface area contributed by atoms with Crippen LogP contribution in [0.5, 0.6) is 0 Å².